The van der Waals surface area contributed by atoms with Gasteiger partial charge in [0.25, 0.3) is 0 Å². The Labute approximate surface area is 127 Å². The number of halogens is 2. The fourth-order valence-corrected chi connectivity index (χ4v) is 2.64. The lowest BCUT2D eigenvalue weighted by molar-refractivity contribution is 0.564. The summed E-state index contributed by atoms with van der Waals surface area (Å²) >= 11 is 9.70. The monoisotopic (exact) mass is 340 g/mol. The lowest BCUT2D eigenvalue weighted by Crippen LogP contribution is -2.23. The smallest absolute Gasteiger partial charge is 0.0488 e. The molecule has 0 bridgehead atoms. The van der Waals surface area contributed by atoms with Gasteiger partial charge in [-0.25, -0.2) is 0 Å². The molecule has 2 rings (SSSR count). The molecule has 102 valence electrons. The fraction of sp³-hybridized carbons (Fsp3) is 0.333. The summed E-state index contributed by atoms with van der Waals surface area (Å²) in [5.74, 6) is 0. The van der Waals surface area contributed by atoms with Gasteiger partial charge in [0.2, 0.25) is 0 Å². The van der Waals surface area contributed by atoms with Crippen molar-refractivity contribution in [1.29, 1.82) is 0 Å². The SMILES string of the molecule is CC(C)NCc1cccn1Cc1ccc(Br)cc1Cl. The van der Waals surface area contributed by atoms with Gasteiger partial charge in [-0.3, -0.25) is 0 Å². The highest BCUT2D eigenvalue weighted by Gasteiger charge is 2.06. The second-order valence-electron chi connectivity index (χ2n) is 4.90. The first kappa shape index (κ1) is 14.6. The maximum Gasteiger partial charge on any atom is 0.0488 e. The van der Waals surface area contributed by atoms with Crippen molar-refractivity contribution in [2.24, 2.45) is 0 Å². The zero-order valence-corrected chi connectivity index (χ0v) is 13.5. The Balaban J connectivity index is 2.12. The highest BCUT2D eigenvalue weighted by atomic mass is 79.9. The van der Waals surface area contributed by atoms with Crippen LogP contribution in [0, 0.1) is 0 Å². The maximum absolute atomic E-state index is 6.27. The topological polar surface area (TPSA) is 17.0 Å². The highest BCUT2D eigenvalue weighted by molar-refractivity contribution is 9.10. The van der Waals surface area contributed by atoms with Gasteiger partial charge in [-0.05, 0) is 29.8 Å². The molecule has 0 aliphatic rings. The van der Waals surface area contributed by atoms with Crippen molar-refractivity contribution in [2.75, 3.05) is 0 Å². The fourth-order valence-electron chi connectivity index (χ4n) is 1.91. The molecule has 1 aromatic carbocycles. The molecule has 0 aliphatic heterocycles. The van der Waals surface area contributed by atoms with Crippen LogP contribution in [0.25, 0.3) is 0 Å². The van der Waals surface area contributed by atoms with Gasteiger partial charge >= 0.3 is 0 Å². The van der Waals surface area contributed by atoms with Crippen molar-refractivity contribution in [1.82, 2.24) is 9.88 Å². The molecule has 0 amide bonds. The van der Waals surface area contributed by atoms with Crippen LogP contribution >= 0.6 is 27.5 Å². The van der Waals surface area contributed by atoms with Crippen molar-refractivity contribution in [3.05, 3.63) is 57.3 Å². The molecule has 1 aromatic heterocycles. The van der Waals surface area contributed by atoms with Crippen LogP contribution in [0.2, 0.25) is 5.02 Å². The second kappa shape index (κ2) is 6.60. The molecule has 0 aliphatic carbocycles. The number of aromatic nitrogens is 1. The van der Waals surface area contributed by atoms with Crippen LogP contribution in [0.4, 0.5) is 0 Å². The molecule has 0 spiro atoms. The highest BCUT2D eigenvalue weighted by Crippen LogP contribution is 2.22. The number of benzene rings is 1. The van der Waals surface area contributed by atoms with Gasteiger partial charge in [0.05, 0.1) is 0 Å². The van der Waals surface area contributed by atoms with E-state index in [9.17, 15) is 0 Å². The van der Waals surface area contributed by atoms with E-state index in [1.807, 2.05) is 12.1 Å². The summed E-state index contributed by atoms with van der Waals surface area (Å²) in [4.78, 5) is 0. The van der Waals surface area contributed by atoms with E-state index in [1.165, 1.54) is 5.69 Å². The Hall–Kier alpha value is -0.770. The Kier molecular flexibility index (Phi) is 5.08. The van der Waals surface area contributed by atoms with E-state index in [4.69, 9.17) is 11.6 Å². The lowest BCUT2D eigenvalue weighted by Gasteiger charge is -2.13. The molecule has 2 aromatic rings. The van der Waals surface area contributed by atoms with E-state index >= 15 is 0 Å². The summed E-state index contributed by atoms with van der Waals surface area (Å²) < 4.78 is 3.24. The zero-order valence-electron chi connectivity index (χ0n) is 11.2. The van der Waals surface area contributed by atoms with Crippen LogP contribution in [-0.4, -0.2) is 10.6 Å². The van der Waals surface area contributed by atoms with Gasteiger partial charge in [-0.1, -0.05) is 47.4 Å². The summed E-state index contributed by atoms with van der Waals surface area (Å²) in [6, 6.07) is 10.7. The van der Waals surface area contributed by atoms with Crippen molar-refractivity contribution in [3.63, 3.8) is 0 Å². The summed E-state index contributed by atoms with van der Waals surface area (Å²) in [5.41, 5.74) is 2.40. The summed E-state index contributed by atoms with van der Waals surface area (Å²) in [6.07, 6.45) is 2.09. The first-order valence-electron chi connectivity index (χ1n) is 6.37. The third-order valence-corrected chi connectivity index (χ3v) is 3.82. The number of nitrogens with one attached hydrogen (secondary N) is 1. The van der Waals surface area contributed by atoms with Crippen molar-refractivity contribution >= 4 is 27.5 Å². The Morgan fingerprint density at radius 2 is 2.11 bits per heavy atom. The van der Waals surface area contributed by atoms with Gasteiger partial charge in [-0.15, -0.1) is 0 Å². The van der Waals surface area contributed by atoms with Crippen LogP contribution in [0.15, 0.2) is 41.0 Å². The molecule has 2 nitrogen and oxygen atoms in total. The predicted molar refractivity (Wildman–Crippen MR) is 84.7 cm³/mol. The molecule has 0 radical (unpaired) electrons. The number of hydrogen-bond acceptors (Lipinski definition) is 1. The van der Waals surface area contributed by atoms with E-state index in [2.05, 4.69) is 64.1 Å². The first-order chi connectivity index (χ1) is 9.06. The quantitative estimate of drug-likeness (QED) is 0.850. The minimum Gasteiger partial charge on any atom is -0.346 e. The van der Waals surface area contributed by atoms with Gasteiger partial charge < -0.3 is 9.88 Å². The molecular formula is C15H18BrClN2. The van der Waals surface area contributed by atoms with E-state index in [0.717, 1.165) is 28.1 Å². The number of nitrogens with zero attached hydrogens (tertiary/aromatic N) is 1. The molecular weight excluding hydrogens is 324 g/mol. The van der Waals surface area contributed by atoms with Crippen molar-refractivity contribution in [2.45, 2.75) is 33.0 Å². The standard InChI is InChI=1S/C15H18BrClN2/c1-11(2)18-9-14-4-3-7-19(14)10-12-5-6-13(16)8-15(12)17/h3-8,11,18H,9-10H2,1-2H3. The first-order valence-corrected chi connectivity index (χ1v) is 7.54. The molecule has 0 unspecified atom stereocenters. The van der Waals surface area contributed by atoms with Crippen LogP contribution < -0.4 is 5.32 Å². The molecule has 0 saturated carbocycles. The average molecular weight is 342 g/mol. The van der Waals surface area contributed by atoms with Gasteiger partial charge in [0.15, 0.2) is 0 Å². The van der Waals surface area contributed by atoms with Crippen LogP contribution in [0.5, 0.6) is 0 Å². The lowest BCUT2D eigenvalue weighted by atomic mass is 10.2. The number of rotatable bonds is 5. The molecule has 1 N–H and O–H groups in total. The Bertz CT molecular complexity index is 549. The molecule has 0 saturated heterocycles. The molecule has 4 heteroatoms. The van der Waals surface area contributed by atoms with E-state index in [-0.39, 0.29) is 0 Å². The zero-order chi connectivity index (χ0) is 13.8. The third kappa shape index (κ3) is 4.10. The average Bonchev–Trinajstić information content (AvgIpc) is 2.77. The summed E-state index contributed by atoms with van der Waals surface area (Å²) in [7, 11) is 0. The van der Waals surface area contributed by atoms with Gasteiger partial charge in [0.1, 0.15) is 0 Å². The second-order valence-corrected chi connectivity index (χ2v) is 6.22. The van der Waals surface area contributed by atoms with Crippen molar-refractivity contribution in [3.8, 4) is 0 Å². The van der Waals surface area contributed by atoms with E-state index in [1.54, 1.807) is 0 Å². The van der Waals surface area contributed by atoms with Crippen LogP contribution in [0.1, 0.15) is 25.1 Å². The summed E-state index contributed by atoms with van der Waals surface area (Å²) in [6.45, 7) is 5.98. The number of hydrogen-bond donors (Lipinski definition) is 1. The molecule has 1 heterocycles. The van der Waals surface area contributed by atoms with Crippen LogP contribution in [0.3, 0.4) is 0 Å². The molecule has 0 atom stereocenters. The van der Waals surface area contributed by atoms with E-state index < -0.39 is 0 Å². The molecule has 19 heavy (non-hydrogen) atoms. The largest absolute Gasteiger partial charge is 0.346 e. The minimum absolute atomic E-state index is 0.486. The Morgan fingerprint density at radius 1 is 1.32 bits per heavy atom. The minimum atomic E-state index is 0.486. The normalized spacial score (nSPS) is 11.2. The van der Waals surface area contributed by atoms with E-state index in [0.29, 0.717) is 6.04 Å². The van der Waals surface area contributed by atoms with Gasteiger partial charge in [0, 0.05) is 40.5 Å². The maximum atomic E-state index is 6.27. The third-order valence-electron chi connectivity index (χ3n) is 2.97. The Morgan fingerprint density at radius 3 is 2.79 bits per heavy atom. The van der Waals surface area contributed by atoms with Crippen LogP contribution in [-0.2, 0) is 13.1 Å². The molecule has 0 fully saturated rings. The predicted octanol–water partition coefficient (Wildman–Crippen LogP) is 4.45. The van der Waals surface area contributed by atoms with Crippen molar-refractivity contribution < 1.29 is 0 Å². The summed E-state index contributed by atoms with van der Waals surface area (Å²) in [5, 5.41) is 4.23. The van der Waals surface area contributed by atoms with Gasteiger partial charge in [-0.2, -0.15) is 0 Å².